The summed E-state index contributed by atoms with van der Waals surface area (Å²) in [5.74, 6) is 0.542. The maximum Gasteiger partial charge on any atom is 0.123 e. The van der Waals surface area contributed by atoms with E-state index in [1.165, 1.54) is 13.0 Å². The van der Waals surface area contributed by atoms with Crippen molar-refractivity contribution < 1.29 is 4.39 Å². The number of hydrogen-bond donors (Lipinski definition) is 1. The standard InChI is InChI=1S/C17H28FN3/c1-5-19-13(2)16-10-15(18)6-7-17(16)21(4)12-14-8-9-20(3)11-14/h6-7,10,13-14,19H,5,8-9,11-12H2,1-4H3. The lowest BCUT2D eigenvalue weighted by Crippen LogP contribution is -2.29. The van der Waals surface area contributed by atoms with Gasteiger partial charge in [0.25, 0.3) is 0 Å². The van der Waals surface area contributed by atoms with Crippen LogP contribution in [-0.4, -0.2) is 45.2 Å². The predicted octanol–water partition coefficient (Wildman–Crippen LogP) is 2.88. The van der Waals surface area contributed by atoms with Gasteiger partial charge in [-0.25, -0.2) is 4.39 Å². The first-order chi connectivity index (χ1) is 10.0. The van der Waals surface area contributed by atoms with Crippen LogP contribution in [0.5, 0.6) is 0 Å². The van der Waals surface area contributed by atoms with Crippen LogP contribution in [0.2, 0.25) is 0 Å². The molecule has 2 rings (SSSR count). The zero-order valence-corrected chi connectivity index (χ0v) is 13.7. The average Bonchev–Trinajstić information content (AvgIpc) is 2.84. The fraction of sp³-hybridized carbons (Fsp3) is 0.647. The molecule has 1 N–H and O–H groups in total. The van der Waals surface area contributed by atoms with Crippen molar-refractivity contribution in [2.45, 2.75) is 26.3 Å². The largest absolute Gasteiger partial charge is 0.374 e. The number of hydrogen-bond acceptors (Lipinski definition) is 3. The van der Waals surface area contributed by atoms with Crippen molar-refractivity contribution in [3.63, 3.8) is 0 Å². The number of benzene rings is 1. The third-order valence-electron chi connectivity index (χ3n) is 4.40. The minimum atomic E-state index is -0.160. The van der Waals surface area contributed by atoms with Crippen molar-refractivity contribution in [3.8, 4) is 0 Å². The Hall–Kier alpha value is -1.13. The van der Waals surface area contributed by atoms with E-state index in [0.717, 1.165) is 30.9 Å². The molecule has 118 valence electrons. The lowest BCUT2D eigenvalue weighted by molar-refractivity contribution is 0.395. The summed E-state index contributed by atoms with van der Waals surface area (Å²) in [6, 6.07) is 5.31. The number of likely N-dealkylation sites (tertiary alicyclic amines) is 1. The molecule has 1 heterocycles. The van der Waals surface area contributed by atoms with Crippen LogP contribution in [0.25, 0.3) is 0 Å². The highest BCUT2D eigenvalue weighted by atomic mass is 19.1. The van der Waals surface area contributed by atoms with Crippen LogP contribution in [-0.2, 0) is 0 Å². The molecule has 1 saturated heterocycles. The van der Waals surface area contributed by atoms with Crippen LogP contribution < -0.4 is 10.2 Å². The average molecular weight is 293 g/mol. The minimum Gasteiger partial charge on any atom is -0.374 e. The maximum atomic E-state index is 13.6. The van der Waals surface area contributed by atoms with Crippen molar-refractivity contribution >= 4 is 5.69 Å². The summed E-state index contributed by atoms with van der Waals surface area (Å²) < 4.78 is 13.6. The van der Waals surface area contributed by atoms with E-state index in [2.05, 4.69) is 43.1 Å². The summed E-state index contributed by atoms with van der Waals surface area (Å²) in [6.07, 6.45) is 1.25. The molecular formula is C17H28FN3. The van der Waals surface area contributed by atoms with Gasteiger partial charge in [0.2, 0.25) is 0 Å². The van der Waals surface area contributed by atoms with Gasteiger partial charge in [-0.2, -0.15) is 0 Å². The van der Waals surface area contributed by atoms with Crippen LogP contribution in [0.15, 0.2) is 18.2 Å². The molecule has 1 aliphatic heterocycles. The first-order valence-electron chi connectivity index (χ1n) is 7.93. The van der Waals surface area contributed by atoms with Gasteiger partial charge >= 0.3 is 0 Å². The molecule has 0 saturated carbocycles. The van der Waals surface area contributed by atoms with Crippen molar-refractivity contribution in [1.82, 2.24) is 10.2 Å². The number of nitrogens with one attached hydrogen (secondary N) is 1. The summed E-state index contributed by atoms with van der Waals surface area (Å²) in [6.45, 7) is 8.43. The lowest BCUT2D eigenvalue weighted by Gasteiger charge is -2.28. The Kier molecular flexibility index (Phi) is 5.59. The molecule has 0 aromatic heterocycles. The second-order valence-electron chi connectivity index (χ2n) is 6.28. The van der Waals surface area contributed by atoms with Crippen LogP contribution >= 0.6 is 0 Å². The van der Waals surface area contributed by atoms with Crippen LogP contribution in [0.4, 0.5) is 10.1 Å². The van der Waals surface area contributed by atoms with Gasteiger partial charge in [-0.05, 0) is 63.2 Å². The number of nitrogens with zero attached hydrogens (tertiary/aromatic N) is 2. The maximum absolute atomic E-state index is 13.6. The highest BCUT2D eigenvalue weighted by Crippen LogP contribution is 2.28. The molecule has 0 bridgehead atoms. The molecule has 0 radical (unpaired) electrons. The molecule has 1 aromatic carbocycles. The Morgan fingerprint density at radius 2 is 2.24 bits per heavy atom. The summed E-state index contributed by atoms with van der Waals surface area (Å²) in [5.41, 5.74) is 2.19. The highest BCUT2D eigenvalue weighted by Gasteiger charge is 2.22. The Morgan fingerprint density at radius 3 is 2.86 bits per heavy atom. The van der Waals surface area contributed by atoms with Gasteiger partial charge in [0.05, 0.1) is 0 Å². The summed E-state index contributed by atoms with van der Waals surface area (Å²) in [7, 11) is 4.30. The van der Waals surface area contributed by atoms with Gasteiger partial charge < -0.3 is 15.1 Å². The molecule has 1 aromatic rings. The molecule has 4 heteroatoms. The van der Waals surface area contributed by atoms with Crippen molar-refractivity contribution in [3.05, 3.63) is 29.6 Å². The number of anilines is 1. The second-order valence-corrected chi connectivity index (χ2v) is 6.28. The molecule has 3 nitrogen and oxygen atoms in total. The molecule has 1 aliphatic rings. The quantitative estimate of drug-likeness (QED) is 0.870. The van der Waals surface area contributed by atoms with E-state index in [0.29, 0.717) is 5.92 Å². The van der Waals surface area contributed by atoms with Crippen molar-refractivity contribution in [1.29, 1.82) is 0 Å². The second kappa shape index (κ2) is 7.23. The summed E-state index contributed by atoms with van der Waals surface area (Å²) in [4.78, 5) is 4.66. The Balaban J connectivity index is 2.13. The molecule has 2 unspecified atom stereocenters. The predicted molar refractivity (Wildman–Crippen MR) is 87.4 cm³/mol. The Morgan fingerprint density at radius 1 is 1.48 bits per heavy atom. The molecule has 0 amide bonds. The van der Waals surface area contributed by atoms with E-state index >= 15 is 0 Å². The van der Waals surface area contributed by atoms with Crippen molar-refractivity contribution in [2.24, 2.45) is 5.92 Å². The van der Waals surface area contributed by atoms with Gasteiger partial charge in [0, 0.05) is 31.9 Å². The smallest absolute Gasteiger partial charge is 0.123 e. The van der Waals surface area contributed by atoms with E-state index in [9.17, 15) is 4.39 Å². The Labute approximate surface area is 128 Å². The third kappa shape index (κ3) is 4.17. The minimum absolute atomic E-state index is 0.160. The van der Waals surface area contributed by atoms with Gasteiger partial charge in [-0.15, -0.1) is 0 Å². The van der Waals surface area contributed by atoms with E-state index < -0.39 is 0 Å². The molecule has 0 aliphatic carbocycles. The molecule has 2 atom stereocenters. The van der Waals surface area contributed by atoms with Crippen LogP contribution in [0, 0.1) is 11.7 Å². The molecule has 0 spiro atoms. The van der Waals surface area contributed by atoms with Gasteiger partial charge in [0.15, 0.2) is 0 Å². The van der Waals surface area contributed by atoms with Crippen molar-refractivity contribution in [2.75, 3.05) is 45.2 Å². The Bertz CT molecular complexity index is 463. The van der Waals surface area contributed by atoms with E-state index in [1.807, 2.05) is 6.07 Å². The summed E-state index contributed by atoms with van der Waals surface area (Å²) >= 11 is 0. The number of halogens is 1. The van der Waals surface area contributed by atoms with E-state index in [4.69, 9.17) is 0 Å². The zero-order chi connectivity index (χ0) is 15.4. The highest BCUT2D eigenvalue weighted by molar-refractivity contribution is 5.54. The normalized spacial score (nSPS) is 20.7. The van der Waals surface area contributed by atoms with Crippen LogP contribution in [0.1, 0.15) is 31.9 Å². The summed E-state index contributed by atoms with van der Waals surface area (Å²) in [5, 5.41) is 3.38. The lowest BCUT2D eigenvalue weighted by atomic mass is 10.0. The van der Waals surface area contributed by atoms with Gasteiger partial charge in [-0.3, -0.25) is 0 Å². The fourth-order valence-corrected chi connectivity index (χ4v) is 3.30. The topological polar surface area (TPSA) is 18.5 Å². The molecule has 1 fully saturated rings. The number of rotatable bonds is 6. The third-order valence-corrected chi connectivity index (χ3v) is 4.40. The SMILES string of the molecule is CCNC(C)c1cc(F)ccc1N(C)CC1CCN(C)C1. The van der Waals surface area contributed by atoms with Gasteiger partial charge in [0.1, 0.15) is 5.82 Å². The first-order valence-corrected chi connectivity index (χ1v) is 7.93. The molecule has 21 heavy (non-hydrogen) atoms. The monoisotopic (exact) mass is 293 g/mol. The van der Waals surface area contributed by atoms with Crippen LogP contribution in [0.3, 0.4) is 0 Å². The van der Waals surface area contributed by atoms with E-state index in [1.54, 1.807) is 12.1 Å². The fourth-order valence-electron chi connectivity index (χ4n) is 3.30. The first kappa shape index (κ1) is 16.2. The van der Waals surface area contributed by atoms with Gasteiger partial charge in [-0.1, -0.05) is 6.92 Å². The zero-order valence-electron chi connectivity index (χ0n) is 13.7. The van der Waals surface area contributed by atoms with E-state index in [-0.39, 0.29) is 11.9 Å². The molecular weight excluding hydrogens is 265 g/mol.